The van der Waals surface area contributed by atoms with Gasteiger partial charge in [-0.15, -0.1) is 0 Å². The molecule has 1 aromatic heterocycles. The quantitative estimate of drug-likeness (QED) is 0.918. The first-order chi connectivity index (χ1) is 10.3. The Balaban J connectivity index is 1.63. The molecule has 1 fully saturated rings. The van der Waals surface area contributed by atoms with Gasteiger partial charge in [-0.1, -0.05) is 23.7 Å². The molecule has 0 saturated heterocycles. The first kappa shape index (κ1) is 13.7. The molecular weight excluding hydrogens is 268 g/mol. The van der Waals surface area contributed by atoms with Gasteiger partial charge in [0, 0.05) is 17.5 Å². The number of rotatable bonds is 5. The lowest BCUT2D eigenvalue weighted by Gasteiger charge is -2.23. The smallest absolute Gasteiger partial charge is 0.223 e. The molecule has 0 unspecified atom stereocenters. The molecule has 1 saturated carbocycles. The lowest BCUT2D eigenvalue weighted by Crippen LogP contribution is -2.34. The molecular formula is C16H18N2O3. The fraction of sp³-hybridized carbons (Fsp3) is 0.375. The summed E-state index contributed by atoms with van der Waals surface area (Å²) in [6.07, 6.45) is 3.15. The Morgan fingerprint density at radius 3 is 3.00 bits per heavy atom. The lowest BCUT2D eigenvalue weighted by atomic mass is 9.85. The molecule has 1 aliphatic rings. The van der Waals surface area contributed by atoms with E-state index in [1.54, 1.807) is 7.11 Å². The van der Waals surface area contributed by atoms with Crippen LogP contribution in [0.4, 0.5) is 0 Å². The number of benzene rings is 1. The van der Waals surface area contributed by atoms with Gasteiger partial charge in [-0.2, -0.15) is 0 Å². The summed E-state index contributed by atoms with van der Waals surface area (Å²) in [5, 5.41) is 6.89. The van der Waals surface area contributed by atoms with Crippen LogP contribution in [-0.4, -0.2) is 18.2 Å². The molecule has 0 atom stereocenters. The highest BCUT2D eigenvalue weighted by atomic mass is 16.5. The van der Waals surface area contributed by atoms with Crippen molar-refractivity contribution in [1.29, 1.82) is 0 Å². The van der Waals surface area contributed by atoms with Crippen LogP contribution in [0, 0.1) is 5.92 Å². The Morgan fingerprint density at radius 2 is 2.29 bits per heavy atom. The molecule has 2 aromatic rings. The zero-order valence-corrected chi connectivity index (χ0v) is 12.0. The number of carbonyl (C=O) groups is 1. The minimum Gasteiger partial charge on any atom is -0.497 e. The van der Waals surface area contributed by atoms with E-state index in [1.165, 1.54) is 0 Å². The van der Waals surface area contributed by atoms with Gasteiger partial charge in [0.1, 0.15) is 11.4 Å². The van der Waals surface area contributed by atoms with Crippen LogP contribution in [0.25, 0.3) is 11.3 Å². The third-order valence-electron chi connectivity index (χ3n) is 3.83. The van der Waals surface area contributed by atoms with Crippen molar-refractivity contribution in [3.05, 3.63) is 36.0 Å². The van der Waals surface area contributed by atoms with Crippen molar-refractivity contribution in [2.24, 2.45) is 5.92 Å². The van der Waals surface area contributed by atoms with Crippen molar-refractivity contribution < 1.29 is 14.1 Å². The second kappa shape index (κ2) is 5.99. The average Bonchev–Trinajstić information content (AvgIpc) is 2.92. The third-order valence-corrected chi connectivity index (χ3v) is 3.83. The SMILES string of the molecule is COc1cccc(-c2cc(CNC(=O)C3CCC3)no2)c1. The number of ether oxygens (including phenoxy) is 1. The third kappa shape index (κ3) is 3.07. The summed E-state index contributed by atoms with van der Waals surface area (Å²) in [4.78, 5) is 11.8. The van der Waals surface area contributed by atoms with Gasteiger partial charge in [0.05, 0.1) is 13.7 Å². The van der Waals surface area contributed by atoms with Gasteiger partial charge in [-0.05, 0) is 25.0 Å². The van der Waals surface area contributed by atoms with Crippen LogP contribution in [0.5, 0.6) is 5.75 Å². The molecule has 0 bridgehead atoms. The van der Waals surface area contributed by atoms with E-state index in [0.717, 1.165) is 36.3 Å². The number of hydrogen-bond donors (Lipinski definition) is 1. The standard InChI is InChI=1S/C16H18N2O3/c1-20-14-7-3-6-12(8-14)15-9-13(18-21-15)10-17-16(19)11-4-2-5-11/h3,6-9,11H,2,4-5,10H2,1H3,(H,17,19). The Labute approximate surface area is 123 Å². The monoisotopic (exact) mass is 286 g/mol. The van der Waals surface area contributed by atoms with Crippen LogP contribution in [-0.2, 0) is 11.3 Å². The van der Waals surface area contributed by atoms with Crippen molar-refractivity contribution in [3.8, 4) is 17.1 Å². The Morgan fingerprint density at radius 1 is 1.43 bits per heavy atom. The van der Waals surface area contributed by atoms with Crippen LogP contribution < -0.4 is 10.1 Å². The van der Waals surface area contributed by atoms with Gasteiger partial charge in [-0.3, -0.25) is 4.79 Å². The summed E-state index contributed by atoms with van der Waals surface area (Å²) >= 11 is 0. The van der Waals surface area contributed by atoms with Crippen molar-refractivity contribution in [2.75, 3.05) is 7.11 Å². The maximum atomic E-state index is 11.8. The van der Waals surface area contributed by atoms with Gasteiger partial charge in [0.2, 0.25) is 5.91 Å². The summed E-state index contributed by atoms with van der Waals surface area (Å²) in [6.45, 7) is 0.406. The first-order valence-corrected chi connectivity index (χ1v) is 7.14. The molecule has 3 rings (SSSR count). The highest BCUT2D eigenvalue weighted by Gasteiger charge is 2.24. The van der Waals surface area contributed by atoms with E-state index in [0.29, 0.717) is 12.3 Å². The zero-order chi connectivity index (χ0) is 14.7. The summed E-state index contributed by atoms with van der Waals surface area (Å²) in [7, 11) is 1.63. The zero-order valence-electron chi connectivity index (χ0n) is 12.0. The molecule has 21 heavy (non-hydrogen) atoms. The number of methoxy groups -OCH3 is 1. The number of nitrogens with zero attached hydrogens (tertiary/aromatic N) is 1. The van der Waals surface area contributed by atoms with E-state index in [9.17, 15) is 4.79 Å². The number of aromatic nitrogens is 1. The number of amides is 1. The average molecular weight is 286 g/mol. The van der Waals surface area contributed by atoms with E-state index in [1.807, 2.05) is 30.3 Å². The van der Waals surface area contributed by atoms with Crippen molar-refractivity contribution in [3.63, 3.8) is 0 Å². The molecule has 5 heteroatoms. The second-order valence-electron chi connectivity index (χ2n) is 5.26. The second-order valence-corrected chi connectivity index (χ2v) is 5.26. The number of carbonyl (C=O) groups excluding carboxylic acids is 1. The molecule has 1 amide bonds. The predicted molar refractivity (Wildman–Crippen MR) is 77.7 cm³/mol. The van der Waals surface area contributed by atoms with Crippen LogP contribution in [0.3, 0.4) is 0 Å². The molecule has 1 heterocycles. The molecule has 110 valence electrons. The van der Waals surface area contributed by atoms with Gasteiger partial charge in [0.25, 0.3) is 0 Å². The highest BCUT2D eigenvalue weighted by molar-refractivity contribution is 5.79. The minimum atomic E-state index is 0.118. The van der Waals surface area contributed by atoms with Gasteiger partial charge >= 0.3 is 0 Å². The van der Waals surface area contributed by atoms with Gasteiger partial charge in [-0.25, -0.2) is 0 Å². The maximum absolute atomic E-state index is 11.8. The van der Waals surface area contributed by atoms with Crippen molar-refractivity contribution in [2.45, 2.75) is 25.8 Å². The van der Waals surface area contributed by atoms with E-state index >= 15 is 0 Å². The Bertz CT molecular complexity index is 632. The van der Waals surface area contributed by atoms with Crippen LogP contribution >= 0.6 is 0 Å². The summed E-state index contributed by atoms with van der Waals surface area (Å²) < 4.78 is 10.5. The largest absolute Gasteiger partial charge is 0.497 e. The minimum absolute atomic E-state index is 0.118. The number of nitrogens with one attached hydrogen (secondary N) is 1. The topological polar surface area (TPSA) is 64.4 Å². The van der Waals surface area contributed by atoms with Crippen LogP contribution in [0.2, 0.25) is 0 Å². The normalized spacial score (nSPS) is 14.5. The summed E-state index contributed by atoms with van der Waals surface area (Å²) in [5.41, 5.74) is 1.62. The van der Waals surface area contributed by atoms with E-state index in [4.69, 9.17) is 9.26 Å². The Hall–Kier alpha value is -2.30. The van der Waals surface area contributed by atoms with E-state index < -0.39 is 0 Å². The fourth-order valence-corrected chi connectivity index (χ4v) is 2.30. The maximum Gasteiger partial charge on any atom is 0.223 e. The van der Waals surface area contributed by atoms with Crippen LogP contribution in [0.1, 0.15) is 25.0 Å². The molecule has 0 aliphatic heterocycles. The van der Waals surface area contributed by atoms with Gasteiger partial charge in [0.15, 0.2) is 5.76 Å². The van der Waals surface area contributed by atoms with Crippen molar-refractivity contribution >= 4 is 5.91 Å². The molecule has 0 radical (unpaired) electrons. The molecule has 0 spiro atoms. The number of hydrogen-bond acceptors (Lipinski definition) is 4. The molecule has 1 aromatic carbocycles. The Kier molecular flexibility index (Phi) is 3.90. The molecule has 1 N–H and O–H groups in total. The molecule has 5 nitrogen and oxygen atoms in total. The van der Waals surface area contributed by atoms with E-state index in [2.05, 4.69) is 10.5 Å². The molecule has 1 aliphatic carbocycles. The highest BCUT2D eigenvalue weighted by Crippen LogP contribution is 2.27. The first-order valence-electron chi connectivity index (χ1n) is 7.14. The predicted octanol–water partition coefficient (Wildman–Crippen LogP) is 2.77. The fourth-order valence-electron chi connectivity index (χ4n) is 2.30. The van der Waals surface area contributed by atoms with Crippen molar-refractivity contribution in [1.82, 2.24) is 10.5 Å². The van der Waals surface area contributed by atoms with Gasteiger partial charge < -0.3 is 14.6 Å². The lowest BCUT2D eigenvalue weighted by molar-refractivity contribution is -0.127. The van der Waals surface area contributed by atoms with E-state index in [-0.39, 0.29) is 11.8 Å². The summed E-state index contributed by atoms with van der Waals surface area (Å²) in [6, 6.07) is 9.43. The summed E-state index contributed by atoms with van der Waals surface area (Å²) in [5.74, 6) is 1.74. The van der Waals surface area contributed by atoms with Crippen LogP contribution in [0.15, 0.2) is 34.9 Å².